The molecule has 0 saturated heterocycles. The minimum atomic E-state index is -1.47. The summed E-state index contributed by atoms with van der Waals surface area (Å²) < 4.78 is 30.9. The van der Waals surface area contributed by atoms with Gasteiger partial charge in [0.1, 0.15) is 56.4 Å². The molecule has 0 aromatic carbocycles. The number of hydrogen-bond acceptors (Lipinski definition) is 14. The lowest BCUT2D eigenvalue weighted by Crippen LogP contribution is -2.48. The van der Waals surface area contributed by atoms with Crippen molar-refractivity contribution < 1.29 is 68.0 Å². The molecule has 14 heteroatoms. The zero-order valence-electron chi connectivity index (χ0n) is 22.8. The second kappa shape index (κ2) is 22.8. The highest BCUT2D eigenvalue weighted by atomic mass is 16.6. The zero-order chi connectivity index (χ0) is 30.3. The summed E-state index contributed by atoms with van der Waals surface area (Å²) in [5, 5.41) is 40.2. The van der Waals surface area contributed by atoms with E-state index >= 15 is 0 Å². The zero-order valence-corrected chi connectivity index (χ0v) is 22.8. The normalized spacial score (nSPS) is 16.4. The van der Waals surface area contributed by atoms with Gasteiger partial charge in [-0.15, -0.1) is 0 Å². The largest absolute Gasteiger partial charge is 0.460 e. The van der Waals surface area contributed by atoms with E-state index < -0.39 is 101 Å². The first-order chi connectivity index (χ1) is 19.1. The quantitative estimate of drug-likeness (QED) is 0.0516. The molecule has 228 valence electrons. The molecule has 0 saturated carbocycles. The standard InChI is InChI=1S/C26H40O14/c1-4-7-23(32)37-14-18(29)12-35-21(10-27)26(40-17-20(31)16-39-25(34)9-6-3)22(11-28)36-13-19(30)15-38-24(33)8-5-2/h4-10,18-22,26,28-31H,11-17H2,1-3H3/t18?,19?,20?,21-,22+,26-/m0/s1. The highest BCUT2D eigenvalue weighted by molar-refractivity contribution is 5.82. The number of carbonyl (C=O) groups excluding carboxylic acids is 4. The predicted molar refractivity (Wildman–Crippen MR) is 138 cm³/mol. The maximum absolute atomic E-state index is 11.9. The minimum absolute atomic E-state index is 0.309. The van der Waals surface area contributed by atoms with Gasteiger partial charge in [0, 0.05) is 18.2 Å². The van der Waals surface area contributed by atoms with Gasteiger partial charge in [0.25, 0.3) is 0 Å². The third kappa shape index (κ3) is 17.6. The van der Waals surface area contributed by atoms with Crippen LogP contribution in [0.15, 0.2) is 36.5 Å². The lowest BCUT2D eigenvalue weighted by Gasteiger charge is -2.31. The van der Waals surface area contributed by atoms with Crippen LogP contribution in [0.1, 0.15) is 20.8 Å². The summed E-state index contributed by atoms with van der Waals surface area (Å²) in [4.78, 5) is 46.2. The smallest absolute Gasteiger partial charge is 0.330 e. The molecule has 6 atom stereocenters. The van der Waals surface area contributed by atoms with Gasteiger partial charge >= 0.3 is 17.9 Å². The summed E-state index contributed by atoms with van der Waals surface area (Å²) in [5.41, 5.74) is 0. The Morgan fingerprint density at radius 2 is 1.00 bits per heavy atom. The maximum atomic E-state index is 11.9. The molecule has 0 fully saturated rings. The van der Waals surface area contributed by atoms with Crippen LogP contribution in [0.25, 0.3) is 0 Å². The summed E-state index contributed by atoms with van der Waals surface area (Å²) in [6.07, 6.45) is -0.0361. The minimum Gasteiger partial charge on any atom is -0.460 e. The van der Waals surface area contributed by atoms with Gasteiger partial charge in [-0.2, -0.15) is 0 Å². The van der Waals surface area contributed by atoms with Gasteiger partial charge in [-0.1, -0.05) is 18.2 Å². The first kappa shape index (κ1) is 37.0. The Balaban J connectivity index is 5.34. The molecule has 0 aromatic heterocycles. The number of esters is 3. The van der Waals surface area contributed by atoms with Crippen LogP contribution in [-0.2, 0) is 47.6 Å². The number of aliphatic hydroxyl groups excluding tert-OH is 4. The molecule has 4 N–H and O–H groups in total. The lowest BCUT2D eigenvalue weighted by atomic mass is 10.1. The van der Waals surface area contributed by atoms with E-state index in [1.165, 1.54) is 18.2 Å². The fourth-order valence-electron chi connectivity index (χ4n) is 2.79. The van der Waals surface area contributed by atoms with Crippen LogP contribution in [0.2, 0.25) is 0 Å². The molecule has 0 aliphatic rings. The van der Waals surface area contributed by atoms with Crippen LogP contribution in [0.4, 0.5) is 0 Å². The fourth-order valence-corrected chi connectivity index (χ4v) is 2.79. The van der Waals surface area contributed by atoms with E-state index in [0.29, 0.717) is 6.29 Å². The molecule has 0 spiro atoms. The summed E-state index contributed by atoms with van der Waals surface area (Å²) in [7, 11) is 0. The van der Waals surface area contributed by atoms with Gasteiger partial charge in [-0.05, 0) is 20.8 Å². The number of allylic oxidation sites excluding steroid dienone is 3. The average Bonchev–Trinajstić information content (AvgIpc) is 2.92. The van der Waals surface area contributed by atoms with Gasteiger partial charge in [0.05, 0.1) is 26.4 Å². The first-order valence-corrected chi connectivity index (χ1v) is 12.4. The monoisotopic (exact) mass is 576 g/mol. The Morgan fingerprint density at radius 1 is 0.625 bits per heavy atom. The van der Waals surface area contributed by atoms with Crippen LogP contribution in [-0.4, -0.2) is 127 Å². The molecular formula is C26H40O14. The van der Waals surface area contributed by atoms with Gasteiger partial charge in [0.2, 0.25) is 0 Å². The van der Waals surface area contributed by atoms with Crippen molar-refractivity contribution >= 4 is 24.2 Å². The topological polar surface area (TPSA) is 205 Å². The SMILES string of the molecule is CC=CC(=O)OCC(O)CO[C@@H]([C@H](C=O)OCC(O)COC(=O)C=CC)[C@@H](CO)OCC(O)COC(=O)C=CC. The molecule has 0 radical (unpaired) electrons. The van der Waals surface area contributed by atoms with Crippen molar-refractivity contribution in [3.8, 4) is 0 Å². The van der Waals surface area contributed by atoms with Crippen molar-refractivity contribution in [3.05, 3.63) is 36.5 Å². The molecular weight excluding hydrogens is 536 g/mol. The van der Waals surface area contributed by atoms with Crippen molar-refractivity contribution in [1.82, 2.24) is 0 Å². The highest BCUT2D eigenvalue weighted by Crippen LogP contribution is 2.14. The van der Waals surface area contributed by atoms with E-state index in [1.54, 1.807) is 20.8 Å². The fraction of sp³-hybridized carbons (Fsp3) is 0.615. The Hall–Kier alpha value is -2.98. The molecule has 0 amide bonds. The number of aliphatic hydroxyl groups is 4. The Bertz CT molecular complexity index is 824. The van der Waals surface area contributed by atoms with E-state index in [4.69, 9.17) is 28.4 Å². The molecule has 14 nitrogen and oxygen atoms in total. The van der Waals surface area contributed by atoms with Crippen molar-refractivity contribution in [3.63, 3.8) is 0 Å². The predicted octanol–water partition coefficient (Wildman–Crippen LogP) is -1.23. The van der Waals surface area contributed by atoms with Gasteiger partial charge < -0.3 is 53.6 Å². The maximum Gasteiger partial charge on any atom is 0.330 e. The number of rotatable bonds is 22. The van der Waals surface area contributed by atoms with Crippen molar-refractivity contribution in [2.45, 2.75) is 57.4 Å². The third-order valence-electron chi connectivity index (χ3n) is 4.63. The number of carbonyl (C=O) groups is 4. The highest BCUT2D eigenvalue weighted by Gasteiger charge is 2.33. The van der Waals surface area contributed by atoms with Crippen LogP contribution in [0, 0.1) is 0 Å². The second-order valence-corrected chi connectivity index (χ2v) is 8.14. The molecule has 0 aliphatic carbocycles. The Kier molecular flexibility index (Phi) is 21.1. The average molecular weight is 577 g/mol. The Labute approximate surface area is 232 Å². The lowest BCUT2D eigenvalue weighted by molar-refractivity contribution is -0.179. The van der Waals surface area contributed by atoms with E-state index in [2.05, 4.69) is 0 Å². The number of aldehydes is 1. The van der Waals surface area contributed by atoms with Crippen molar-refractivity contribution in [2.24, 2.45) is 0 Å². The third-order valence-corrected chi connectivity index (χ3v) is 4.63. The van der Waals surface area contributed by atoms with Crippen molar-refractivity contribution in [2.75, 3.05) is 46.2 Å². The van der Waals surface area contributed by atoms with Crippen LogP contribution in [0.5, 0.6) is 0 Å². The summed E-state index contributed by atoms with van der Waals surface area (Å²) in [6.45, 7) is 1.35. The summed E-state index contributed by atoms with van der Waals surface area (Å²) in [5.74, 6) is -2.07. The molecule has 0 heterocycles. The number of hydrogen-bond donors (Lipinski definition) is 4. The van der Waals surface area contributed by atoms with Crippen LogP contribution >= 0.6 is 0 Å². The molecule has 40 heavy (non-hydrogen) atoms. The van der Waals surface area contributed by atoms with E-state index in [1.807, 2.05) is 0 Å². The van der Waals surface area contributed by atoms with Crippen molar-refractivity contribution in [1.29, 1.82) is 0 Å². The van der Waals surface area contributed by atoms with Crippen LogP contribution < -0.4 is 0 Å². The molecule has 0 aliphatic heterocycles. The van der Waals surface area contributed by atoms with Gasteiger partial charge in [-0.25, -0.2) is 14.4 Å². The van der Waals surface area contributed by atoms with Crippen LogP contribution in [0.3, 0.4) is 0 Å². The van der Waals surface area contributed by atoms with Gasteiger partial charge in [0.15, 0.2) is 6.29 Å². The first-order valence-electron chi connectivity index (χ1n) is 12.4. The Morgan fingerprint density at radius 3 is 1.35 bits per heavy atom. The van der Waals surface area contributed by atoms with Gasteiger partial charge in [-0.3, -0.25) is 0 Å². The summed E-state index contributed by atoms with van der Waals surface area (Å²) >= 11 is 0. The molecule has 3 unspecified atom stereocenters. The number of ether oxygens (including phenoxy) is 6. The van der Waals surface area contributed by atoms with E-state index in [-0.39, 0.29) is 0 Å². The molecule has 0 bridgehead atoms. The molecule has 0 rings (SSSR count). The van der Waals surface area contributed by atoms with E-state index in [9.17, 15) is 39.6 Å². The van der Waals surface area contributed by atoms with E-state index in [0.717, 1.165) is 18.2 Å². The molecule has 0 aromatic rings. The summed E-state index contributed by atoms with van der Waals surface area (Å²) in [6, 6.07) is 0. The second-order valence-electron chi connectivity index (χ2n) is 8.14.